The minimum Gasteiger partial charge on any atom is -0.385 e. The number of carbonyl (C=O) groups is 1. The van der Waals surface area contributed by atoms with Crippen LogP contribution in [-0.2, 0) is 37.9 Å². The number of H-pyrrole nitrogens is 1. The maximum Gasteiger partial charge on any atom is 0.243 e. The zero-order valence-electron chi connectivity index (χ0n) is 24.5. The molecule has 0 bridgehead atoms. The number of benzene rings is 3. The second kappa shape index (κ2) is 13.5. The van der Waals surface area contributed by atoms with E-state index in [0.29, 0.717) is 32.5 Å². The van der Waals surface area contributed by atoms with Crippen molar-refractivity contribution >= 4 is 26.8 Å². The molecule has 218 valence electrons. The van der Waals surface area contributed by atoms with Gasteiger partial charge in [-0.05, 0) is 53.1 Å². The highest BCUT2D eigenvalue weighted by atomic mass is 32.2. The third-order valence-corrected chi connectivity index (χ3v) is 9.18. The van der Waals surface area contributed by atoms with Gasteiger partial charge >= 0.3 is 0 Å². The molecule has 1 aromatic heterocycles. The summed E-state index contributed by atoms with van der Waals surface area (Å²) in [4.78, 5) is 19.1. The van der Waals surface area contributed by atoms with Gasteiger partial charge in [0.25, 0.3) is 0 Å². The van der Waals surface area contributed by atoms with Crippen LogP contribution < -0.4 is 0 Å². The summed E-state index contributed by atoms with van der Waals surface area (Å²) in [5.41, 5.74) is 4.11. The maximum atomic E-state index is 13.9. The molecule has 0 spiro atoms. The van der Waals surface area contributed by atoms with E-state index < -0.39 is 10.0 Å². The number of carbonyl (C=O) groups excluding carboxylic acids is 1. The van der Waals surface area contributed by atoms with Crippen LogP contribution in [0, 0.1) is 0 Å². The first-order valence-corrected chi connectivity index (χ1v) is 15.5. The first kappa shape index (κ1) is 30.5. The van der Waals surface area contributed by atoms with Gasteiger partial charge in [-0.1, -0.05) is 81.4 Å². The number of rotatable bonds is 13. The van der Waals surface area contributed by atoms with Gasteiger partial charge in [-0.2, -0.15) is 4.31 Å². The van der Waals surface area contributed by atoms with Gasteiger partial charge in [-0.3, -0.25) is 4.79 Å². The topological polar surface area (TPSA) is 82.7 Å². The van der Waals surface area contributed by atoms with Crippen LogP contribution in [0.25, 0.3) is 10.9 Å². The van der Waals surface area contributed by atoms with Crippen molar-refractivity contribution in [3.8, 4) is 0 Å². The molecule has 1 amide bonds. The summed E-state index contributed by atoms with van der Waals surface area (Å²) < 4.78 is 34.1. The molecule has 1 heterocycles. The largest absolute Gasteiger partial charge is 0.385 e. The molecule has 4 aromatic rings. The predicted molar refractivity (Wildman–Crippen MR) is 164 cm³/mol. The van der Waals surface area contributed by atoms with Gasteiger partial charge in [0.1, 0.15) is 0 Å². The standard InChI is InChI=1S/C33H41N3O4S/c1-33(2,3)28-15-17-29(18-16-28)41(38,39)36(20-10-22-40-4)25-32(37)35(24-26-11-6-5-7-12-26)21-19-27-23-34-31-14-9-8-13-30(27)31/h5-9,11-18,23,34H,10,19-22,24-25H2,1-4H3. The summed E-state index contributed by atoms with van der Waals surface area (Å²) in [7, 11) is -2.32. The number of nitrogens with zero attached hydrogens (tertiary/aromatic N) is 2. The molecule has 7 nitrogen and oxygen atoms in total. The average molecular weight is 576 g/mol. The lowest BCUT2D eigenvalue weighted by Gasteiger charge is -2.28. The summed E-state index contributed by atoms with van der Waals surface area (Å²) in [5.74, 6) is -0.235. The molecule has 0 fully saturated rings. The van der Waals surface area contributed by atoms with Gasteiger partial charge < -0.3 is 14.6 Å². The minimum atomic E-state index is -3.91. The number of hydrogen-bond acceptors (Lipinski definition) is 4. The molecular weight excluding hydrogens is 534 g/mol. The van der Waals surface area contributed by atoms with Crippen molar-refractivity contribution in [2.75, 3.05) is 33.4 Å². The number of para-hydroxylation sites is 1. The van der Waals surface area contributed by atoms with E-state index in [4.69, 9.17) is 4.74 Å². The van der Waals surface area contributed by atoms with Crippen LogP contribution >= 0.6 is 0 Å². The van der Waals surface area contributed by atoms with Crippen LogP contribution in [0.2, 0.25) is 0 Å². The zero-order valence-corrected chi connectivity index (χ0v) is 25.3. The number of methoxy groups -OCH3 is 1. The SMILES string of the molecule is COCCCN(CC(=O)N(CCc1c[nH]c2ccccc12)Cc1ccccc1)S(=O)(=O)c1ccc(C(C)(C)C)cc1. The summed E-state index contributed by atoms with van der Waals surface area (Å²) in [6.45, 7) is 7.46. The van der Waals surface area contributed by atoms with Crippen LogP contribution in [0.5, 0.6) is 0 Å². The number of aromatic amines is 1. The zero-order chi connectivity index (χ0) is 29.5. The molecule has 4 rings (SSSR count). The number of fused-ring (bicyclic) bond motifs is 1. The number of hydrogen-bond donors (Lipinski definition) is 1. The van der Waals surface area contributed by atoms with Crippen molar-refractivity contribution in [2.45, 2.75) is 50.5 Å². The Morgan fingerprint density at radius 1 is 0.902 bits per heavy atom. The van der Waals surface area contributed by atoms with Gasteiger partial charge in [0.05, 0.1) is 11.4 Å². The van der Waals surface area contributed by atoms with Gasteiger partial charge in [0.15, 0.2) is 0 Å². The van der Waals surface area contributed by atoms with Gasteiger partial charge in [0.2, 0.25) is 15.9 Å². The van der Waals surface area contributed by atoms with E-state index in [1.54, 1.807) is 24.1 Å². The first-order chi connectivity index (χ1) is 19.6. The number of sulfonamides is 1. The molecule has 41 heavy (non-hydrogen) atoms. The fourth-order valence-electron chi connectivity index (χ4n) is 4.89. The predicted octanol–water partition coefficient (Wildman–Crippen LogP) is 5.76. The number of aromatic nitrogens is 1. The Morgan fingerprint density at radius 3 is 2.27 bits per heavy atom. The lowest BCUT2D eigenvalue weighted by molar-refractivity contribution is -0.132. The highest BCUT2D eigenvalue weighted by Crippen LogP contribution is 2.25. The highest BCUT2D eigenvalue weighted by molar-refractivity contribution is 7.89. The van der Waals surface area contributed by atoms with E-state index in [2.05, 4.69) is 31.8 Å². The Morgan fingerprint density at radius 2 is 1.59 bits per heavy atom. The molecule has 0 saturated heterocycles. The molecule has 1 N–H and O–H groups in total. The van der Waals surface area contributed by atoms with Gasteiger partial charge in [0, 0.05) is 50.5 Å². The molecule has 8 heteroatoms. The highest BCUT2D eigenvalue weighted by Gasteiger charge is 2.29. The van der Waals surface area contributed by atoms with E-state index in [0.717, 1.165) is 27.6 Å². The summed E-state index contributed by atoms with van der Waals surface area (Å²) in [5, 5.41) is 1.13. The normalized spacial score (nSPS) is 12.2. The molecule has 0 aliphatic rings. The van der Waals surface area contributed by atoms with Crippen molar-refractivity contribution in [1.29, 1.82) is 0 Å². The van der Waals surface area contributed by atoms with Gasteiger partial charge in [-0.15, -0.1) is 0 Å². The van der Waals surface area contributed by atoms with Crippen LogP contribution in [-0.4, -0.2) is 61.9 Å². The lowest BCUT2D eigenvalue weighted by Crippen LogP contribution is -2.44. The molecule has 0 aliphatic heterocycles. The third-order valence-electron chi connectivity index (χ3n) is 7.32. The van der Waals surface area contributed by atoms with Crippen LogP contribution in [0.1, 0.15) is 43.9 Å². The monoisotopic (exact) mass is 575 g/mol. The second-order valence-corrected chi connectivity index (χ2v) is 13.3. The van der Waals surface area contributed by atoms with Crippen molar-refractivity contribution < 1.29 is 17.9 Å². The quantitative estimate of drug-likeness (QED) is 0.205. The number of nitrogens with one attached hydrogen (secondary N) is 1. The molecule has 3 aromatic carbocycles. The van der Waals surface area contributed by atoms with Crippen LogP contribution in [0.4, 0.5) is 0 Å². The maximum absolute atomic E-state index is 13.9. The Hall–Kier alpha value is -3.46. The minimum absolute atomic E-state index is 0.0981. The fraction of sp³-hybridized carbons (Fsp3) is 0.364. The Kier molecular flexibility index (Phi) is 10.0. The Bertz CT molecular complexity index is 1520. The summed E-state index contributed by atoms with van der Waals surface area (Å²) in [6.07, 6.45) is 3.11. The third kappa shape index (κ3) is 7.85. The molecular formula is C33H41N3O4S. The Balaban J connectivity index is 1.58. The molecule has 0 unspecified atom stereocenters. The van der Waals surface area contributed by atoms with Crippen molar-refractivity contribution in [3.63, 3.8) is 0 Å². The van der Waals surface area contributed by atoms with E-state index in [9.17, 15) is 13.2 Å². The fourth-order valence-corrected chi connectivity index (χ4v) is 6.31. The van der Waals surface area contributed by atoms with Crippen molar-refractivity contribution in [1.82, 2.24) is 14.2 Å². The molecule has 0 aliphatic carbocycles. The molecule has 0 radical (unpaired) electrons. The van der Waals surface area contributed by atoms with Crippen molar-refractivity contribution in [2.24, 2.45) is 0 Å². The lowest BCUT2D eigenvalue weighted by atomic mass is 9.87. The second-order valence-electron chi connectivity index (χ2n) is 11.4. The van der Waals surface area contributed by atoms with Gasteiger partial charge in [-0.25, -0.2) is 8.42 Å². The average Bonchev–Trinajstić information content (AvgIpc) is 3.38. The smallest absolute Gasteiger partial charge is 0.243 e. The van der Waals surface area contributed by atoms with E-state index in [1.165, 1.54) is 4.31 Å². The van der Waals surface area contributed by atoms with Crippen molar-refractivity contribution in [3.05, 3.63) is 102 Å². The summed E-state index contributed by atoms with van der Waals surface area (Å²) >= 11 is 0. The first-order valence-electron chi connectivity index (χ1n) is 14.1. The summed E-state index contributed by atoms with van der Waals surface area (Å²) in [6, 6.07) is 24.9. The van der Waals surface area contributed by atoms with E-state index in [-0.39, 0.29) is 29.3 Å². The number of ether oxygens (including phenoxy) is 1. The molecule has 0 saturated carbocycles. The van der Waals surface area contributed by atoms with Crippen LogP contribution in [0.15, 0.2) is 90.0 Å². The number of amides is 1. The van der Waals surface area contributed by atoms with E-state index >= 15 is 0 Å². The van der Waals surface area contributed by atoms with E-state index in [1.807, 2.05) is 66.9 Å². The molecule has 0 atom stereocenters. The van der Waals surface area contributed by atoms with Crippen LogP contribution in [0.3, 0.4) is 0 Å². The Labute approximate surface area is 244 Å².